The van der Waals surface area contributed by atoms with Crippen LogP contribution in [0.1, 0.15) is 55.9 Å². The molecule has 0 N–H and O–H groups in total. The van der Waals surface area contributed by atoms with Crippen LogP contribution in [-0.4, -0.2) is 0 Å². The Bertz CT molecular complexity index is 2640. The fourth-order valence-electron chi connectivity index (χ4n) is 9.83. The first-order valence-corrected chi connectivity index (χ1v) is 19.7. The lowest BCUT2D eigenvalue weighted by Gasteiger charge is -2.36. The third-order valence-electron chi connectivity index (χ3n) is 12.8. The minimum Gasteiger partial charge on any atom is -0.310 e. The lowest BCUT2D eigenvalue weighted by Crippen LogP contribution is -2.28. The molecule has 2 unspecified atom stereocenters. The molecule has 0 aromatic heterocycles. The second-order valence-corrected chi connectivity index (χ2v) is 16.6. The van der Waals surface area contributed by atoms with E-state index in [1.165, 1.54) is 78.1 Å². The molecule has 0 heterocycles. The monoisotopic (exact) mass is 707 g/mol. The van der Waals surface area contributed by atoms with Crippen LogP contribution in [0.15, 0.2) is 194 Å². The van der Waals surface area contributed by atoms with Crippen LogP contribution in [-0.2, 0) is 10.8 Å². The Morgan fingerprint density at radius 1 is 0.455 bits per heavy atom. The van der Waals surface area contributed by atoms with Gasteiger partial charge >= 0.3 is 0 Å². The average molecular weight is 708 g/mol. The fraction of sp³-hybridized carbons (Fsp3) is 0.148. The van der Waals surface area contributed by atoms with Gasteiger partial charge in [0.15, 0.2) is 0 Å². The molecule has 266 valence electrons. The summed E-state index contributed by atoms with van der Waals surface area (Å²) in [6, 6.07) is 62.8. The van der Waals surface area contributed by atoms with E-state index < -0.39 is 0 Å². The van der Waals surface area contributed by atoms with Gasteiger partial charge in [0.2, 0.25) is 0 Å². The van der Waals surface area contributed by atoms with Crippen LogP contribution in [0.2, 0.25) is 0 Å². The van der Waals surface area contributed by atoms with Gasteiger partial charge in [0, 0.05) is 28.3 Å². The van der Waals surface area contributed by atoms with Crippen molar-refractivity contribution in [2.45, 2.75) is 44.4 Å². The maximum atomic E-state index is 2.58. The molecule has 0 saturated heterocycles. The zero-order chi connectivity index (χ0) is 37.3. The highest BCUT2D eigenvalue weighted by molar-refractivity contribution is 5.94. The summed E-state index contributed by atoms with van der Waals surface area (Å²) in [6.07, 6.45) is 7.44. The normalized spacial score (nSPS) is 18.1. The smallest absolute Gasteiger partial charge is 0.0543 e. The van der Waals surface area contributed by atoms with E-state index in [-0.39, 0.29) is 10.8 Å². The minimum absolute atomic E-state index is 0.00543. The van der Waals surface area contributed by atoms with Crippen molar-refractivity contribution in [1.29, 1.82) is 0 Å². The molecular formula is C54H45N. The SMILES string of the molecule is CC1(C)c2ccccc2-c2cc(-c3cccc(-c4ccccc4)c3)c(N(C3=CC4C(C=C3)c3ccccc3C4(C)C)c3ccc(-c4ccccc4)cc3)cc21. The van der Waals surface area contributed by atoms with E-state index in [1.807, 2.05) is 0 Å². The van der Waals surface area contributed by atoms with E-state index in [0.717, 1.165) is 5.69 Å². The van der Waals surface area contributed by atoms with Crippen molar-refractivity contribution in [3.8, 4) is 44.5 Å². The Labute approximate surface area is 326 Å². The van der Waals surface area contributed by atoms with Crippen LogP contribution in [0.25, 0.3) is 44.5 Å². The number of nitrogens with zero attached hydrogens (tertiary/aromatic N) is 1. The van der Waals surface area contributed by atoms with Crippen LogP contribution in [0.5, 0.6) is 0 Å². The summed E-state index contributed by atoms with van der Waals surface area (Å²) in [6.45, 7) is 9.63. The summed E-state index contributed by atoms with van der Waals surface area (Å²) in [5, 5.41) is 0. The first-order valence-electron chi connectivity index (χ1n) is 19.7. The Morgan fingerprint density at radius 3 is 1.80 bits per heavy atom. The standard InChI is InChI=1S/C54H45N/c1-53(2)48-24-13-11-22-43(48)45-31-30-42(33-50(45)53)55(41-28-26-38(27-29-41)36-16-7-5-8-17-36)52-35-51-47(44-23-12-14-25-49(44)54(51,3)4)34-46(52)40-21-15-20-39(32-40)37-18-9-6-10-19-37/h5-35,45,50H,1-4H3. The maximum Gasteiger partial charge on any atom is 0.0543 e. The third-order valence-corrected chi connectivity index (χ3v) is 12.8. The summed E-state index contributed by atoms with van der Waals surface area (Å²) < 4.78 is 0. The molecule has 0 spiro atoms. The quantitative estimate of drug-likeness (QED) is 0.166. The molecule has 3 aliphatic carbocycles. The van der Waals surface area contributed by atoms with E-state index in [0.29, 0.717) is 11.8 Å². The summed E-state index contributed by atoms with van der Waals surface area (Å²) in [7, 11) is 0. The van der Waals surface area contributed by atoms with E-state index in [9.17, 15) is 0 Å². The maximum absolute atomic E-state index is 2.58. The molecule has 1 nitrogen and oxygen atoms in total. The molecule has 7 aromatic carbocycles. The highest BCUT2D eigenvalue weighted by Gasteiger charge is 2.45. The molecule has 0 radical (unpaired) electrons. The molecule has 0 amide bonds. The van der Waals surface area contributed by atoms with Gasteiger partial charge in [0.25, 0.3) is 0 Å². The van der Waals surface area contributed by atoms with Crippen molar-refractivity contribution >= 4 is 11.4 Å². The molecule has 0 bridgehead atoms. The molecule has 55 heavy (non-hydrogen) atoms. The molecule has 0 fully saturated rings. The molecular weight excluding hydrogens is 663 g/mol. The molecule has 2 atom stereocenters. The Morgan fingerprint density at radius 2 is 1.05 bits per heavy atom. The minimum atomic E-state index is -0.148. The topological polar surface area (TPSA) is 3.24 Å². The van der Waals surface area contributed by atoms with Gasteiger partial charge in [-0.2, -0.15) is 0 Å². The Balaban J connectivity index is 1.22. The lowest BCUT2D eigenvalue weighted by atomic mass is 9.74. The van der Waals surface area contributed by atoms with Crippen molar-refractivity contribution in [3.05, 3.63) is 216 Å². The lowest BCUT2D eigenvalue weighted by molar-refractivity contribution is 0.392. The summed E-state index contributed by atoms with van der Waals surface area (Å²) in [4.78, 5) is 2.55. The van der Waals surface area contributed by atoms with Crippen molar-refractivity contribution in [1.82, 2.24) is 0 Å². The molecule has 10 rings (SSSR count). The number of fused-ring (bicyclic) bond motifs is 6. The van der Waals surface area contributed by atoms with E-state index in [1.54, 1.807) is 0 Å². The average Bonchev–Trinajstić information content (AvgIpc) is 3.60. The highest BCUT2D eigenvalue weighted by Crippen LogP contribution is 2.56. The van der Waals surface area contributed by atoms with Crippen LogP contribution in [0.3, 0.4) is 0 Å². The predicted octanol–water partition coefficient (Wildman–Crippen LogP) is 14.3. The number of anilines is 2. The second-order valence-electron chi connectivity index (χ2n) is 16.6. The number of allylic oxidation sites excluding steroid dienone is 3. The van der Waals surface area contributed by atoms with Gasteiger partial charge in [-0.1, -0.05) is 179 Å². The second kappa shape index (κ2) is 12.7. The van der Waals surface area contributed by atoms with Gasteiger partial charge in [-0.3, -0.25) is 0 Å². The van der Waals surface area contributed by atoms with Crippen molar-refractivity contribution < 1.29 is 0 Å². The molecule has 3 aliphatic rings. The number of benzene rings is 7. The predicted molar refractivity (Wildman–Crippen MR) is 232 cm³/mol. The van der Waals surface area contributed by atoms with Gasteiger partial charge in [-0.05, 0) is 109 Å². The van der Waals surface area contributed by atoms with Gasteiger partial charge in [-0.15, -0.1) is 0 Å². The van der Waals surface area contributed by atoms with Gasteiger partial charge in [0.05, 0.1) is 5.69 Å². The Kier molecular flexibility index (Phi) is 7.72. The Hall–Kier alpha value is -6.18. The van der Waals surface area contributed by atoms with E-state index in [2.05, 4.69) is 221 Å². The molecule has 7 aromatic rings. The summed E-state index contributed by atoms with van der Waals surface area (Å²) >= 11 is 0. The molecule has 0 aliphatic heterocycles. The number of rotatable bonds is 6. The van der Waals surface area contributed by atoms with Crippen molar-refractivity contribution in [3.63, 3.8) is 0 Å². The van der Waals surface area contributed by atoms with Gasteiger partial charge < -0.3 is 4.90 Å². The highest BCUT2D eigenvalue weighted by atomic mass is 15.2. The zero-order valence-corrected chi connectivity index (χ0v) is 32.0. The zero-order valence-electron chi connectivity index (χ0n) is 32.0. The van der Waals surface area contributed by atoms with Crippen LogP contribution >= 0.6 is 0 Å². The largest absolute Gasteiger partial charge is 0.310 e. The summed E-state index contributed by atoms with van der Waals surface area (Å²) in [5.74, 6) is 0.684. The number of hydrogen-bond donors (Lipinski definition) is 0. The van der Waals surface area contributed by atoms with Crippen LogP contribution < -0.4 is 4.90 Å². The van der Waals surface area contributed by atoms with Gasteiger partial charge in [-0.25, -0.2) is 0 Å². The van der Waals surface area contributed by atoms with E-state index >= 15 is 0 Å². The van der Waals surface area contributed by atoms with Crippen LogP contribution in [0, 0.1) is 5.92 Å². The first-order chi connectivity index (χ1) is 26.8. The van der Waals surface area contributed by atoms with Crippen molar-refractivity contribution in [2.24, 2.45) is 5.92 Å². The van der Waals surface area contributed by atoms with Crippen molar-refractivity contribution in [2.75, 3.05) is 4.90 Å². The van der Waals surface area contributed by atoms with Gasteiger partial charge in [0.1, 0.15) is 0 Å². The number of hydrogen-bond acceptors (Lipinski definition) is 1. The van der Waals surface area contributed by atoms with E-state index in [4.69, 9.17) is 0 Å². The summed E-state index contributed by atoms with van der Waals surface area (Å²) in [5.41, 5.74) is 19.0. The molecule has 1 heteroatoms. The molecule has 0 saturated carbocycles. The fourth-order valence-corrected chi connectivity index (χ4v) is 9.83. The third kappa shape index (κ3) is 5.36. The first kappa shape index (κ1) is 33.4. The van der Waals surface area contributed by atoms with Crippen LogP contribution in [0.4, 0.5) is 11.4 Å².